The minimum Gasteiger partial charge on any atom is -0.377 e. The van der Waals surface area contributed by atoms with Gasteiger partial charge in [0.2, 0.25) is 0 Å². The molecule has 0 spiro atoms. The van der Waals surface area contributed by atoms with Gasteiger partial charge in [0.25, 0.3) is 0 Å². The summed E-state index contributed by atoms with van der Waals surface area (Å²) in [5, 5.41) is 0. The monoisotopic (exact) mass is 228 g/mol. The van der Waals surface area contributed by atoms with Crippen molar-refractivity contribution in [1.82, 2.24) is 4.90 Å². The van der Waals surface area contributed by atoms with Crippen LogP contribution < -0.4 is 5.73 Å². The lowest BCUT2D eigenvalue weighted by atomic mass is 10.0. The third kappa shape index (κ3) is 5.28. The molecule has 1 aliphatic rings. The number of rotatable bonds is 6. The van der Waals surface area contributed by atoms with Crippen molar-refractivity contribution in [3.05, 3.63) is 0 Å². The maximum absolute atomic E-state index is 6.04. The number of ether oxygens (including phenoxy) is 1. The van der Waals surface area contributed by atoms with Gasteiger partial charge >= 0.3 is 0 Å². The first-order valence-corrected chi connectivity index (χ1v) is 6.65. The van der Waals surface area contributed by atoms with E-state index in [0.717, 1.165) is 26.1 Å². The molecule has 0 amide bonds. The van der Waals surface area contributed by atoms with Crippen LogP contribution in [0.3, 0.4) is 0 Å². The molecule has 1 aliphatic heterocycles. The third-order valence-electron chi connectivity index (χ3n) is 3.49. The van der Waals surface area contributed by atoms with E-state index in [1.165, 1.54) is 19.3 Å². The van der Waals surface area contributed by atoms with Gasteiger partial charge in [-0.05, 0) is 45.2 Å². The fourth-order valence-corrected chi connectivity index (χ4v) is 2.09. The molecule has 1 saturated heterocycles. The van der Waals surface area contributed by atoms with Gasteiger partial charge in [0.1, 0.15) is 0 Å². The highest BCUT2D eigenvalue weighted by atomic mass is 16.5. The zero-order valence-corrected chi connectivity index (χ0v) is 11.1. The molecule has 3 heteroatoms. The minimum atomic E-state index is 0.328. The largest absolute Gasteiger partial charge is 0.377 e. The molecule has 0 aromatic heterocycles. The van der Waals surface area contributed by atoms with Crippen LogP contribution in [0.2, 0.25) is 0 Å². The maximum Gasteiger partial charge on any atom is 0.0701 e. The Balaban J connectivity index is 2.12. The first-order valence-electron chi connectivity index (χ1n) is 6.65. The van der Waals surface area contributed by atoms with E-state index in [4.69, 9.17) is 10.5 Å². The van der Waals surface area contributed by atoms with E-state index in [-0.39, 0.29) is 0 Å². The maximum atomic E-state index is 6.04. The molecule has 0 bridgehead atoms. The van der Waals surface area contributed by atoms with Crippen LogP contribution in [0.25, 0.3) is 0 Å². The normalized spacial score (nSPS) is 24.0. The van der Waals surface area contributed by atoms with Gasteiger partial charge in [-0.25, -0.2) is 0 Å². The molecule has 0 aliphatic carbocycles. The summed E-state index contributed by atoms with van der Waals surface area (Å²) in [5.74, 6) is 0.583. The van der Waals surface area contributed by atoms with Crippen LogP contribution in [0.4, 0.5) is 0 Å². The summed E-state index contributed by atoms with van der Waals surface area (Å²) < 4.78 is 5.73. The number of likely N-dealkylation sites (N-methyl/N-ethyl adjacent to an activating group) is 1. The third-order valence-corrected chi connectivity index (χ3v) is 3.49. The van der Waals surface area contributed by atoms with E-state index >= 15 is 0 Å². The van der Waals surface area contributed by atoms with E-state index in [0.29, 0.717) is 18.1 Å². The molecule has 0 aromatic carbocycles. The molecular formula is C13H28N2O. The highest BCUT2D eigenvalue weighted by Gasteiger charge is 2.16. The lowest BCUT2D eigenvalue weighted by Gasteiger charge is -2.28. The molecule has 2 unspecified atom stereocenters. The molecule has 3 nitrogen and oxygen atoms in total. The van der Waals surface area contributed by atoms with Crippen LogP contribution in [0, 0.1) is 5.92 Å². The van der Waals surface area contributed by atoms with Crippen molar-refractivity contribution in [2.45, 2.75) is 51.7 Å². The van der Waals surface area contributed by atoms with Crippen molar-refractivity contribution >= 4 is 0 Å². The zero-order chi connectivity index (χ0) is 12.0. The van der Waals surface area contributed by atoms with Crippen LogP contribution in [-0.2, 0) is 4.74 Å². The molecule has 0 radical (unpaired) electrons. The highest BCUT2D eigenvalue weighted by molar-refractivity contribution is 4.71. The summed E-state index contributed by atoms with van der Waals surface area (Å²) >= 11 is 0. The van der Waals surface area contributed by atoms with Crippen LogP contribution >= 0.6 is 0 Å². The number of nitrogens with two attached hydrogens (primary N) is 1. The van der Waals surface area contributed by atoms with E-state index < -0.39 is 0 Å². The van der Waals surface area contributed by atoms with Crippen LogP contribution in [0.1, 0.15) is 39.5 Å². The van der Waals surface area contributed by atoms with Crippen molar-refractivity contribution in [2.75, 3.05) is 26.7 Å². The molecule has 2 atom stereocenters. The minimum absolute atomic E-state index is 0.328. The fraction of sp³-hybridized carbons (Fsp3) is 1.00. The Kier molecular flexibility index (Phi) is 6.32. The Morgan fingerprint density at radius 1 is 1.38 bits per heavy atom. The lowest BCUT2D eigenvalue weighted by Crippen LogP contribution is -2.37. The van der Waals surface area contributed by atoms with Gasteiger partial charge < -0.3 is 15.4 Å². The number of hydrogen-bond acceptors (Lipinski definition) is 3. The second-order valence-electron chi connectivity index (χ2n) is 5.45. The van der Waals surface area contributed by atoms with Gasteiger partial charge in [-0.15, -0.1) is 0 Å². The van der Waals surface area contributed by atoms with Crippen molar-refractivity contribution in [1.29, 1.82) is 0 Å². The SMILES string of the molecule is CC(C)C(N)CCN(C)CC1CCCCO1. The predicted octanol–water partition coefficient (Wildman–Crippen LogP) is 1.86. The zero-order valence-electron chi connectivity index (χ0n) is 11.1. The van der Waals surface area contributed by atoms with Gasteiger partial charge in [0.05, 0.1) is 6.10 Å². The highest BCUT2D eigenvalue weighted by Crippen LogP contribution is 2.13. The van der Waals surface area contributed by atoms with Crippen molar-refractivity contribution < 1.29 is 4.74 Å². The average Bonchev–Trinajstić information content (AvgIpc) is 2.27. The standard InChI is InChI=1S/C13H28N2O/c1-11(2)13(14)7-8-15(3)10-12-6-4-5-9-16-12/h11-13H,4-10,14H2,1-3H3. The quantitative estimate of drug-likeness (QED) is 0.754. The summed E-state index contributed by atoms with van der Waals surface area (Å²) in [6.07, 6.45) is 5.32. The molecule has 0 aromatic rings. The Morgan fingerprint density at radius 2 is 2.12 bits per heavy atom. The first-order chi connectivity index (χ1) is 7.59. The topological polar surface area (TPSA) is 38.5 Å². The van der Waals surface area contributed by atoms with Crippen molar-refractivity contribution in [2.24, 2.45) is 11.7 Å². The number of nitrogens with zero attached hydrogens (tertiary/aromatic N) is 1. The van der Waals surface area contributed by atoms with E-state index in [9.17, 15) is 0 Å². The summed E-state index contributed by atoms with van der Waals surface area (Å²) in [4.78, 5) is 2.36. The average molecular weight is 228 g/mol. The molecule has 96 valence electrons. The van der Waals surface area contributed by atoms with Crippen LogP contribution in [0.5, 0.6) is 0 Å². The lowest BCUT2D eigenvalue weighted by molar-refractivity contribution is -0.00187. The summed E-state index contributed by atoms with van der Waals surface area (Å²) in [5.41, 5.74) is 6.04. The number of hydrogen-bond donors (Lipinski definition) is 1. The fourth-order valence-electron chi connectivity index (χ4n) is 2.09. The molecule has 16 heavy (non-hydrogen) atoms. The van der Waals surface area contributed by atoms with E-state index in [2.05, 4.69) is 25.8 Å². The summed E-state index contributed by atoms with van der Waals surface area (Å²) in [7, 11) is 2.17. The summed E-state index contributed by atoms with van der Waals surface area (Å²) in [6, 6.07) is 0.328. The Labute approximate surface area is 100 Å². The van der Waals surface area contributed by atoms with Gasteiger partial charge in [0, 0.05) is 19.2 Å². The smallest absolute Gasteiger partial charge is 0.0701 e. The second-order valence-corrected chi connectivity index (χ2v) is 5.45. The Hall–Kier alpha value is -0.120. The van der Waals surface area contributed by atoms with Crippen LogP contribution in [0.15, 0.2) is 0 Å². The summed E-state index contributed by atoms with van der Waals surface area (Å²) in [6.45, 7) is 7.47. The second kappa shape index (κ2) is 7.25. The van der Waals surface area contributed by atoms with Gasteiger partial charge in [-0.3, -0.25) is 0 Å². The molecule has 1 fully saturated rings. The van der Waals surface area contributed by atoms with Crippen molar-refractivity contribution in [3.63, 3.8) is 0 Å². The molecule has 1 heterocycles. The predicted molar refractivity (Wildman–Crippen MR) is 68.5 cm³/mol. The molecule has 0 saturated carbocycles. The van der Waals surface area contributed by atoms with Gasteiger partial charge in [0.15, 0.2) is 0 Å². The Morgan fingerprint density at radius 3 is 2.69 bits per heavy atom. The van der Waals surface area contributed by atoms with Gasteiger partial charge in [-0.2, -0.15) is 0 Å². The van der Waals surface area contributed by atoms with Crippen LogP contribution in [-0.4, -0.2) is 43.8 Å². The first kappa shape index (κ1) is 13.9. The molecule has 2 N–H and O–H groups in total. The van der Waals surface area contributed by atoms with E-state index in [1.54, 1.807) is 0 Å². The molecule has 1 rings (SSSR count). The van der Waals surface area contributed by atoms with Crippen molar-refractivity contribution in [3.8, 4) is 0 Å². The Bertz CT molecular complexity index is 179. The molecular weight excluding hydrogens is 200 g/mol. The van der Waals surface area contributed by atoms with Gasteiger partial charge in [-0.1, -0.05) is 13.8 Å². The van der Waals surface area contributed by atoms with E-state index in [1.807, 2.05) is 0 Å².